The lowest BCUT2D eigenvalue weighted by Gasteiger charge is -2.30. The molecule has 164 valence electrons. The summed E-state index contributed by atoms with van der Waals surface area (Å²) in [7, 11) is -2.57. The van der Waals surface area contributed by atoms with E-state index in [0.717, 1.165) is 24.3 Å². The molecule has 30 heavy (non-hydrogen) atoms. The van der Waals surface area contributed by atoms with Crippen molar-refractivity contribution in [3.8, 4) is 5.75 Å². The molecule has 9 heteroatoms. The predicted molar refractivity (Wildman–Crippen MR) is 112 cm³/mol. The van der Waals surface area contributed by atoms with Crippen molar-refractivity contribution < 1.29 is 26.5 Å². The Balaban J connectivity index is 2.21. The second-order valence-corrected chi connectivity index (χ2v) is 9.19. The van der Waals surface area contributed by atoms with Crippen LogP contribution in [0.4, 0.5) is 4.39 Å². The van der Waals surface area contributed by atoms with Gasteiger partial charge in [0.2, 0.25) is 5.91 Å². The Hall–Kier alpha value is -2.16. The van der Waals surface area contributed by atoms with Gasteiger partial charge < -0.3 is 13.8 Å². The monoisotopic (exact) mass is 457 g/mol. The zero-order chi connectivity index (χ0) is 22.4. The topological polar surface area (TPSA) is 72.9 Å². The van der Waals surface area contributed by atoms with Gasteiger partial charge in [-0.25, -0.2) is 4.39 Å². The molecule has 6 nitrogen and oxygen atoms in total. The molecule has 0 aliphatic rings. The summed E-state index contributed by atoms with van der Waals surface area (Å²) in [5.74, 6) is -0.432. The van der Waals surface area contributed by atoms with Crippen molar-refractivity contribution in [1.29, 1.82) is 0 Å². The van der Waals surface area contributed by atoms with Gasteiger partial charge in [0.05, 0.1) is 12.0 Å². The highest BCUT2D eigenvalue weighted by Crippen LogP contribution is 2.24. The van der Waals surface area contributed by atoms with Gasteiger partial charge in [0.1, 0.15) is 16.5 Å². The van der Waals surface area contributed by atoms with Crippen molar-refractivity contribution in [2.75, 3.05) is 26.1 Å². The summed E-state index contributed by atoms with van der Waals surface area (Å²) in [5, 5.41) is 0. The van der Waals surface area contributed by atoms with Crippen molar-refractivity contribution >= 4 is 27.6 Å². The average molecular weight is 458 g/mol. The first-order chi connectivity index (χ1) is 14.1. The third kappa shape index (κ3) is 6.42. The van der Waals surface area contributed by atoms with Crippen LogP contribution in [0.25, 0.3) is 0 Å². The van der Waals surface area contributed by atoms with Crippen LogP contribution >= 0.6 is 11.6 Å². The van der Waals surface area contributed by atoms with Gasteiger partial charge in [-0.2, -0.15) is 8.42 Å². The van der Waals surface area contributed by atoms with Gasteiger partial charge in [-0.3, -0.25) is 4.79 Å². The molecule has 2 aromatic carbocycles. The minimum Gasteiger partial charge on any atom is -0.383 e. The van der Waals surface area contributed by atoms with E-state index in [1.165, 1.54) is 6.07 Å². The number of amides is 1. The number of methoxy groups -OCH3 is 1. The number of rotatable bonds is 10. The van der Waals surface area contributed by atoms with Gasteiger partial charge in [0.25, 0.3) is 0 Å². The highest BCUT2D eigenvalue weighted by Gasteiger charge is 2.31. The van der Waals surface area contributed by atoms with Crippen molar-refractivity contribution in [1.82, 2.24) is 4.90 Å². The molecule has 0 aromatic heterocycles. The summed E-state index contributed by atoms with van der Waals surface area (Å²) < 4.78 is 48.2. The van der Waals surface area contributed by atoms with E-state index in [0.29, 0.717) is 18.7 Å². The molecular formula is C21H25ClFNO5S. The zero-order valence-corrected chi connectivity index (χ0v) is 18.7. The molecule has 0 spiro atoms. The Kier molecular flexibility index (Phi) is 8.23. The number of carbonyl (C=O) groups excluding carboxylic acids is 1. The molecule has 0 aliphatic carbocycles. The molecule has 0 radical (unpaired) electrons. The fraction of sp³-hybridized carbons (Fsp3) is 0.381. The van der Waals surface area contributed by atoms with E-state index >= 15 is 0 Å². The van der Waals surface area contributed by atoms with Gasteiger partial charge >= 0.3 is 10.1 Å². The molecule has 0 N–H and O–H groups in total. The van der Waals surface area contributed by atoms with Gasteiger partial charge in [-0.1, -0.05) is 12.1 Å². The van der Waals surface area contributed by atoms with Crippen LogP contribution in [-0.4, -0.2) is 45.4 Å². The number of benzene rings is 2. The number of carbonyl (C=O) groups is 1. The summed E-state index contributed by atoms with van der Waals surface area (Å²) >= 11 is 5.95. The molecule has 0 heterocycles. The second kappa shape index (κ2) is 10.2. The van der Waals surface area contributed by atoms with Crippen LogP contribution in [0.15, 0.2) is 53.4 Å². The molecule has 0 bridgehead atoms. The van der Waals surface area contributed by atoms with Crippen molar-refractivity contribution in [2.45, 2.75) is 25.3 Å². The molecule has 0 fully saturated rings. The van der Waals surface area contributed by atoms with Crippen molar-refractivity contribution in [2.24, 2.45) is 5.41 Å². The number of hydrogen-bond acceptors (Lipinski definition) is 5. The third-order valence-electron chi connectivity index (χ3n) is 4.35. The summed E-state index contributed by atoms with van der Waals surface area (Å²) in [6.07, 6.45) is 0. The van der Waals surface area contributed by atoms with Crippen LogP contribution in [0.2, 0.25) is 0 Å². The standard InChI is InChI=1S/C21H25ClFNO5S/c1-21(2,15-22)20(25)24(11-12-28-3)14-16-5-4-6-18(13-16)29-30(26,27)19-9-7-17(23)8-10-19/h4-10,13H,11-12,14-15H2,1-3H3. The van der Waals surface area contributed by atoms with E-state index < -0.39 is 21.4 Å². The minimum atomic E-state index is -4.12. The zero-order valence-electron chi connectivity index (χ0n) is 17.1. The first-order valence-corrected chi connectivity index (χ1v) is 11.2. The lowest BCUT2D eigenvalue weighted by Crippen LogP contribution is -2.43. The Morgan fingerprint density at radius 2 is 1.83 bits per heavy atom. The van der Waals surface area contributed by atoms with E-state index in [2.05, 4.69) is 0 Å². The van der Waals surface area contributed by atoms with E-state index in [-0.39, 0.29) is 29.0 Å². The molecule has 0 saturated carbocycles. The van der Waals surface area contributed by atoms with Crippen molar-refractivity contribution in [3.05, 3.63) is 59.9 Å². The van der Waals surface area contributed by atoms with Crippen LogP contribution in [-0.2, 0) is 26.2 Å². The van der Waals surface area contributed by atoms with Crippen LogP contribution in [0, 0.1) is 11.2 Å². The third-order valence-corrected chi connectivity index (χ3v) is 6.28. The largest absolute Gasteiger partial charge is 0.383 e. The van der Waals surface area contributed by atoms with Crippen LogP contribution in [0.5, 0.6) is 5.75 Å². The molecule has 1 amide bonds. The number of alkyl halides is 1. The Bertz CT molecular complexity index is 964. The molecule has 2 aromatic rings. The van der Waals surface area contributed by atoms with Crippen LogP contribution < -0.4 is 4.18 Å². The van der Waals surface area contributed by atoms with Gasteiger partial charge in [-0.05, 0) is 55.8 Å². The average Bonchev–Trinajstić information content (AvgIpc) is 2.70. The van der Waals surface area contributed by atoms with E-state index in [1.54, 1.807) is 44.1 Å². The summed E-state index contributed by atoms with van der Waals surface area (Å²) in [5.41, 5.74) is -0.0772. The second-order valence-electron chi connectivity index (χ2n) is 7.38. The first kappa shape index (κ1) is 24.1. The molecular weight excluding hydrogens is 433 g/mol. The van der Waals surface area contributed by atoms with Crippen LogP contribution in [0.3, 0.4) is 0 Å². The highest BCUT2D eigenvalue weighted by molar-refractivity contribution is 7.87. The quantitative estimate of drug-likeness (QED) is 0.400. The predicted octanol–water partition coefficient (Wildman–Crippen LogP) is 3.83. The highest BCUT2D eigenvalue weighted by atomic mass is 35.5. The number of halogens is 2. The van der Waals surface area contributed by atoms with E-state index in [4.69, 9.17) is 20.5 Å². The molecule has 0 aliphatic heterocycles. The SMILES string of the molecule is COCCN(Cc1cccc(OS(=O)(=O)c2ccc(F)cc2)c1)C(=O)C(C)(C)CCl. The fourth-order valence-corrected chi connectivity index (χ4v) is 3.67. The maximum atomic E-state index is 13.1. The van der Waals surface area contributed by atoms with Crippen molar-refractivity contribution in [3.63, 3.8) is 0 Å². The van der Waals surface area contributed by atoms with Gasteiger partial charge in [0.15, 0.2) is 0 Å². The maximum Gasteiger partial charge on any atom is 0.339 e. The fourth-order valence-electron chi connectivity index (χ4n) is 2.63. The van der Waals surface area contributed by atoms with E-state index in [1.807, 2.05) is 0 Å². The number of hydrogen-bond donors (Lipinski definition) is 0. The molecule has 2 rings (SSSR count). The minimum absolute atomic E-state index is 0.0903. The Morgan fingerprint density at radius 1 is 1.17 bits per heavy atom. The lowest BCUT2D eigenvalue weighted by atomic mass is 9.94. The molecule has 0 saturated heterocycles. The first-order valence-electron chi connectivity index (χ1n) is 9.22. The summed E-state index contributed by atoms with van der Waals surface area (Å²) in [4.78, 5) is 14.3. The smallest absolute Gasteiger partial charge is 0.339 e. The molecule has 0 atom stereocenters. The number of nitrogens with zero attached hydrogens (tertiary/aromatic N) is 1. The number of ether oxygens (including phenoxy) is 1. The molecule has 0 unspecified atom stereocenters. The summed E-state index contributed by atoms with van der Waals surface area (Å²) in [6, 6.07) is 10.8. The van der Waals surface area contributed by atoms with Gasteiger partial charge in [0, 0.05) is 26.1 Å². The Labute approximate surface area is 181 Å². The van der Waals surface area contributed by atoms with Crippen LogP contribution in [0.1, 0.15) is 19.4 Å². The van der Waals surface area contributed by atoms with E-state index in [9.17, 15) is 17.6 Å². The van der Waals surface area contributed by atoms with Gasteiger partial charge in [-0.15, -0.1) is 11.6 Å². The summed E-state index contributed by atoms with van der Waals surface area (Å²) in [6.45, 7) is 4.46. The lowest BCUT2D eigenvalue weighted by molar-refractivity contribution is -0.140. The maximum absolute atomic E-state index is 13.1. The Morgan fingerprint density at radius 3 is 2.43 bits per heavy atom. The normalized spacial score (nSPS) is 11.9.